The van der Waals surface area contributed by atoms with Gasteiger partial charge in [0.25, 0.3) is 0 Å². The molecule has 0 saturated carbocycles. The van der Waals surface area contributed by atoms with Crippen LogP contribution in [0, 0.1) is 0 Å². The summed E-state index contributed by atoms with van der Waals surface area (Å²) in [5.74, 6) is -2.04. The second kappa shape index (κ2) is 7.47. The molecule has 152 valence electrons. The van der Waals surface area contributed by atoms with Crippen LogP contribution in [0.2, 0.25) is 0 Å². The SMILES string of the molecule is CN(C(=O)Nc1ccccc1OC(F)(F)F)c1cc2oc(=O)c(C(=O)O)cc2s1. The van der Waals surface area contributed by atoms with Crippen LogP contribution in [0.3, 0.4) is 0 Å². The summed E-state index contributed by atoms with van der Waals surface area (Å²) in [5.41, 5.74) is -1.74. The number of fused-ring (bicyclic) bond motifs is 1. The number of anilines is 2. The molecule has 0 fully saturated rings. The smallest absolute Gasteiger partial charge is 0.477 e. The Morgan fingerprint density at radius 1 is 1.24 bits per heavy atom. The zero-order valence-electron chi connectivity index (χ0n) is 14.4. The van der Waals surface area contributed by atoms with Crippen LogP contribution in [0.15, 0.2) is 45.6 Å². The van der Waals surface area contributed by atoms with Crippen LogP contribution in [0.1, 0.15) is 10.4 Å². The van der Waals surface area contributed by atoms with Crippen LogP contribution in [0.25, 0.3) is 10.3 Å². The molecule has 0 saturated heterocycles. The number of carbonyl (C=O) groups is 2. The number of alkyl halides is 3. The summed E-state index contributed by atoms with van der Waals surface area (Å²) in [6.45, 7) is 0. The molecule has 2 heterocycles. The van der Waals surface area contributed by atoms with Gasteiger partial charge < -0.3 is 19.6 Å². The van der Waals surface area contributed by atoms with Crippen molar-refractivity contribution in [3.63, 3.8) is 0 Å². The molecular weight excluding hydrogens is 417 g/mol. The topological polar surface area (TPSA) is 109 Å². The van der Waals surface area contributed by atoms with Crippen molar-refractivity contribution in [1.29, 1.82) is 0 Å². The molecule has 0 aliphatic heterocycles. The summed E-state index contributed by atoms with van der Waals surface area (Å²) in [4.78, 5) is 36.2. The van der Waals surface area contributed by atoms with Gasteiger partial charge in [-0.1, -0.05) is 12.1 Å². The lowest BCUT2D eigenvalue weighted by Crippen LogP contribution is -2.31. The minimum atomic E-state index is -4.93. The second-order valence-corrected chi connectivity index (χ2v) is 6.66. The Hall–Kier alpha value is -3.54. The number of amides is 2. The third kappa shape index (κ3) is 4.48. The zero-order chi connectivity index (χ0) is 21.3. The lowest BCUT2D eigenvalue weighted by atomic mass is 10.3. The van der Waals surface area contributed by atoms with Crippen LogP contribution in [-0.2, 0) is 0 Å². The molecule has 0 radical (unpaired) electrons. The fourth-order valence-corrected chi connectivity index (χ4v) is 3.29. The number of carboxylic acids is 1. The molecule has 1 aromatic carbocycles. The van der Waals surface area contributed by atoms with Crippen LogP contribution in [0.4, 0.5) is 28.7 Å². The van der Waals surface area contributed by atoms with Gasteiger partial charge in [-0.3, -0.25) is 4.90 Å². The molecule has 8 nitrogen and oxygen atoms in total. The number of hydrogen-bond acceptors (Lipinski definition) is 6. The highest BCUT2D eigenvalue weighted by Gasteiger charge is 2.32. The van der Waals surface area contributed by atoms with Crippen LogP contribution >= 0.6 is 11.3 Å². The van der Waals surface area contributed by atoms with Gasteiger partial charge in [0.05, 0.1) is 10.4 Å². The van der Waals surface area contributed by atoms with Gasteiger partial charge in [0.15, 0.2) is 11.3 Å². The maximum atomic E-state index is 12.5. The van der Waals surface area contributed by atoms with Crippen molar-refractivity contribution in [2.24, 2.45) is 0 Å². The molecule has 29 heavy (non-hydrogen) atoms. The molecule has 0 unspecified atom stereocenters. The first-order valence-electron chi connectivity index (χ1n) is 7.75. The Bertz CT molecular complexity index is 1150. The molecule has 3 rings (SSSR count). The van der Waals surface area contributed by atoms with Crippen molar-refractivity contribution < 1.29 is 37.0 Å². The number of aromatic carboxylic acids is 1. The number of halogens is 3. The number of carboxylic acid groups (broad SMARTS) is 1. The molecule has 0 aliphatic carbocycles. The quantitative estimate of drug-likeness (QED) is 0.647. The van der Waals surface area contributed by atoms with E-state index in [9.17, 15) is 27.6 Å². The van der Waals surface area contributed by atoms with Gasteiger partial charge in [0.2, 0.25) is 0 Å². The first-order chi connectivity index (χ1) is 13.5. The Morgan fingerprint density at radius 2 is 1.93 bits per heavy atom. The van der Waals surface area contributed by atoms with Crippen molar-refractivity contribution in [3.05, 3.63) is 52.4 Å². The van der Waals surface area contributed by atoms with E-state index in [0.29, 0.717) is 4.70 Å². The summed E-state index contributed by atoms with van der Waals surface area (Å²) in [6, 6.07) is 6.67. The number of nitrogens with zero attached hydrogens (tertiary/aromatic N) is 1. The normalized spacial score (nSPS) is 11.3. The minimum absolute atomic E-state index is 0.0699. The van der Waals surface area contributed by atoms with E-state index in [-0.39, 0.29) is 16.3 Å². The summed E-state index contributed by atoms with van der Waals surface area (Å²) in [5, 5.41) is 11.5. The fraction of sp³-hybridized carbons (Fsp3) is 0.118. The minimum Gasteiger partial charge on any atom is -0.477 e. The zero-order valence-corrected chi connectivity index (χ0v) is 15.3. The summed E-state index contributed by atoms with van der Waals surface area (Å²) in [7, 11) is 1.34. The number of rotatable bonds is 4. The molecular formula is C17H11F3N2O6S. The van der Waals surface area contributed by atoms with E-state index in [2.05, 4.69) is 10.1 Å². The van der Waals surface area contributed by atoms with E-state index in [0.717, 1.165) is 28.4 Å². The largest absolute Gasteiger partial charge is 0.573 e. The summed E-state index contributed by atoms with van der Waals surface area (Å²) < 4.78 is 46.6. The van der Waals surface area contributed by atoms with E-state index < -0.39 is 35.3 Å². The first-order valence-corrected chi connectivity index (χ1v) is 8.57. The third-order valence-electron chi connectivity index (χ3n) is 3.63. The maximum absolute atomic E-state index is 12.5. The molecule has 0 aliphatic rings. The van der Waals surface area contributed by atoms with Gasteiger partial charge in [0.1, 0.15) is 10.6 Å². The standard InChI is InChI=1S/C17H11F3N2O6S/c1-22(13-7-11-12(29-13)6-8(14(23)24)15(25)27-11)16(26)21-9-4-2-3-5-10(9)28-17(18,19)20/h2-7H,1H3,(H,21,26)(H,23,24). The van der Waals surface area contributed by atoms with E-state index in [1.807, 2.05) is 0 Å². The molecule has 0 bridgehead atoms. The van der Waals surface area contributed by atoms with Gasteiger partial charge >= 0.3 is 24.0 Å². The van der Waals surface area contributed by atoms with Gasteiger partial charge in [0, 0.05) is 13.1 Å². The lowest BCUT2D eigenvalue weighted by Gasteiger charge is -2.18. The molecule has 2 amide bonds. The highest BCUT2D eigenvalue weighted by molar-refractivity contribution is 7.22. The van der Waals surface area contributed by atoms with Gasteiger partial charge in [-0.05, 0) is 18.2 Å². The van der Waals surface area contributed by atoms with Crippen molar-refractivity contribution in [2.45, 2.75) is 6.36 Å². The molecule has 0 spiro atoms. The predicted molar refractivity (Wildman–Crippen MR) is 97.9 cm³/mol. The maximum Gasteiger partial charge on any atom is 0.573 e. The van der Waals surface area contributed by atoms with E-state index in [1.165, 1.54) is 31.3 Å². The number of thiophene rings is 1. The Balaban J connectivity index is 1.86. The lowest BCUT2D eigenvalue weighted by molar-refractivity contribution is -0.274. The number of urea groups is 1. The monoisotopic (exact) mass is 428 g/mol. The summed E-state index contributed by atoms with van der Waals surface area (Å²) in [6.07, 6.45) is -4.93. The van der Waals surface area contributed by atoms with Crippen LogP contribution < -0.4 is 20.6 Å². The van der Waals surface area contributed by atoms with Crippen molar-refractivity contribution >= 4 is 44.3 Å². The molecule has 0 atom stereocenters. The summed E-state index contributed by atoms with van der Waals surface area (Å²) >= 11 is 0.957. The first kappa shape index (κ1) is 20.2. The average molecular weight is 428 g/mol. The number of para-hydroxylation sites is 2. The van der Waals surface area contributed by atoms with Gasteiger partial charge in [-0.15, -0.1) is 24.5 Å². The Morgan fingerprint density at radius 3 is 2.59 bits per heavy atom. The van der Waals surface area contributed by atoms with E-state index >= 15 is 0 Å². The number of nitrogens with one attached hydrogen (secondary N) is 1. The number of ether oxygens (including phenoxy) is 1. The Labute approximate surface area is 163 Å². The Kier molecular flexibility index (Phi) is 5.20. The molecule has 12 heteroatoms. The van der Waals surface area contributed by atoms with E-state index in [4.69, 9.17) is 9.52 Å². The number of benzene rings is 1. The molecule has 2 aromatic heterocycles. The molecule has 3 aromatic rings. The van der Waals surface area contributed by atoms with Crippen molar-refractivity contribution in [1.82, 2.24) is 0 Å². The van der Waals surface area contributed by atoms with Gasteiger partial charge in [-0.2, -0.15) is 0 Å². The number of carbonyl (C=O) groups excluding carboxylic acids is 1. The number of hydrogen-bond donors (Lipinski definition) is 2. The van der Waals surface area contributed by atoms with Crippen LogP contribution in [-0.4, -0.2) is 30.5 Å². The van der Waals surface area contributed by atoms with Crippen LogP contribution in [0.5, 0.6) is 5.75 Å². The highest BCUT2D eigenvalue weighted by atomic mass is 32.1. The van der Waals surface area contributed by atoms with E-state index in [1.54, 1.807) is 0 Å². The molecule has 2 N–H and O–H groups in total. The highest BCUT2D eigenvalue weighted by Crippen LogP contribution is 2.33. The predicted octanol–water partition coefficient (Wildman–Crippen LogP) is 4.12. The second-order valence-electron chi connectivity index (χ2n) is 5.60. The van der Waals surface area contributed by atoms with Gasteiger partial charge in [-0.25, -0.2) is 14.4 Å². The fourth-order valence-electron chi connectivity index (χ4n) is 2.30. The average Bonchev–Trinajstić information content (AvgIpc) is 3.03. The van der Waals surface area contributed by atoms with Crippen molar-refractivity contribution in [2.75, 3.05) is 17.3 Å². The van der Waals surface area contributed by atoms with Crippen molar-refractivity contribution in [3.8, 4) is 5.75 Å². The third-order valence-corrected chi connectivity index (χ3v) is 4.77.